The minimum Gasteiger partial charge on any atom is -0.546 e. The first kappa shape index (κ1) is 28.5. The van der Waals surface area contributed by atoms with Gasteiger partial charge >= 0.3 is 5.97 Å². The number of hydrogen-bond acceptors (Lipinski definition) is 8. The van der Waals surface area contributed by atoms with Gasteiger partial charge < -0.3 is 24.1 Å². The Morgan fingerprint density at radius 3 is 2.00 bits per heavy atom. The third-order valence-corrected chi connectivity index (χ3v) is 8.27. The summed E-state index contributed by atoms with van der Waals surface area (Å²) in [4.78, 5) is 33.4. The molecule has 5 rings (SSSR count). The zero-order valence-electron chi connectivity index (χ0n) is 20.1. The molecule has 8 nitrogen and oxygen atoms in total. The van der Waals surface area contributed by atoms with Crippen LogP contribution in [-0.4, -0.2) is 28.5 Å². The maximum Gasteiger partial charge on any atom is 0.349 e. The monoisotopic (exact) mass is 791 g/mol. The summed E-state index contributed by atoms with van der Waals surface area (Å²) in [5, 5.41) is 13.6. The highest BCUT2D eigenvalue weighted by atomic mass is 79.9. The zero-order valence-corrected chi connectivity index (χ0v) is 26.4. The molecule has 40 heavy (non-hydrogen) atoms. The number of halogens is 4. The third kappa shape index (κ3) is 5.99. The number of carbonyl (C=O) groups excluding carboxylic acids is 2. The van der Waals surface area contributed by atoms with Crippen LogP contribution in [0.5, 0.6) is 17.2 Å². The molecule has 0 fully saturated rings. The molecule has 12 heteroatoms. The van der Waals surface area contributed by atoms with Crippen molar-refractivity contribution in [2.24, 2.45) is 0 Å². The van der Waals surface area contributed by atoms with E-state index in [4.69, 9.17) is 14.2 Å². The van der Waals surface area contributed by atoms with E-state index in [1.165, 1.54) is 12.1 Å². The van der Waals surface area contributed by atoms with E-state index in [-0.39, 0.29) is 18.1 Å². The van der Waals surface area contributed by atoms with E-state index < -0.39 is 18.0 Å². The summed E-state index contributed by atoms with van der Waals surface area (Å²) in [5.41, 5.74) is 1.29. The summed E-state index contributed by atoms with van der Waals surface area (Å²) in [6.07, 6.45) is 1.73. The van der Waals surface area contributed by atoms with Crippen molar-refractivity contribution in [1.29, 1.82) is 0 Å². The first-order chi connectivity index (χ1) is 19.2. The normalized spacial score (nSPS) is 11.8. The first-order valence-electron chi connectivity index (χ1n) is 11.5. The molecule has 0 spiro atoms. The van der Waals surface area contributed by atoms with Crippen molar-refractivity contribution in [3.05, 3.63) is 96.5 Å². The maximum absolute atomic E-state index is 12.6. The maximum atomic E-state index is 12.6. The predicted octanol–water partition coefficient (Wildman–Crippen LogP) is 6.69. The molecule has 0 N–H and O–H groups in total. The van der Waals surface area contributed by atoms with Gasteiger partial charge in [0.2, 0.25) is 0 Å². The third-order valence-electron chi connectivity index (χ3n) is 5.71. The first-order valence-corrected chi connectivity index (χ1v) is 14.7. The van der Waals surface area contributed by atoms with Crippen LogP contribution in [0.1, 0.15) is 11.7 Å². The van der Waals surface area contributed by atoms with Gasteiger partial charge in [-0.1, -0.05) is 59.9 Å². The fourth-order valence-electron chi connectivity index (χ4n) is 3.95. The van der Waals surface area contributed by atoms with Crippen LogP contribution in [0.25, 0.3) is 21.8 Å². The number of esters is 1. The molecule has 0 aliphatic heterocycles. The second-order valence-electron chi connectivity index (χ2n) is 8.27. The van der Waals surface area contributed by atoms with E-state index in [2.05, 4.69) is 73.7 Å². The van der Waals surface area contributed by atoms with Gasteiger partial charge in [-0.3, -0.25) is 9.97 Å². The lowest BCUT2D eigenvalue weighted by atomic mass is 10.0. The number of carboxylic acid groups (broad SMARTS) is 1. The number of aromatic nitrogens is 2. The van der Waals surface area contributed by atoms with Crippen molar-refractivity contribution in [3.63, 3.8) is 0 Å². The predicted molar refractivity (Wildman–Crippen MR) is 160 cm³/mol. The molecule has 3 aromatic carbocycles. The number of nitrogens with zero attached hydrogens (tertiary/aromatic N) is 2. The Labute approximate surface area is 261 Å². The van der Waals surface area contributed by atoms with Gasteiger partial charge in [0, 0.05) is 42.1 Å². The fourth-order valence-corrected chi connectivity index (χ4v) is 6.78. The Morgan fingerprint density at radius 2 is 1.35 bits per heavy atom. The summed E-state index contributed by atoms with van der Waals surface area (Å²) < 4.78 is 19.5. The summed E-state index contributed by atoms with van der Waals surface area (Å²) in [7, 11) is 0. The summed E-state index contributed by atoms with van der Waals surface area (Å²) in [6, 6.07) is 16.9. The highest BCUT2D eigenvalue weighted by Gasteiger charge is 2.23. The van der Waals surface area contributed by atoms with Gasteiger partial charge in [-0.25, -0.2) is 4.79 Å². The topological polar surface area (TPSA) is 111 Å². The fraction of sp³-hybridized carbons (Fsp3) is 0.0714. The molecule has 202 valence electrons. The number of aliphatic carboxylic acids is 1. The van der Waals surface area contributed by atoms with Crippen LogP contribution in [0.2, 0.25) is 0 Å². The second-order valence-corrected chi connectivity index (χ2v) is 11.7. The van der Waals surface area contributed by atoms with E-state index in [1.54, 1.807) is 48.8 Å². The smallest absolute Gasteiger partial charge is 0.349 e. The van der Waals surface area contributed by atoms with Crippen LogP contribution >= 0.6 is 63.7 Å². The van der Waals surface area contributed by atoms with Gasteiger partial charge in [-0.05, 0) is 64.5 Å². The summed E-state index contributed by atoms with van der Waals surface area (Å²) in [5.74, 6) is -1.18. The standard InChI is InChI=1S/C28H16Br4N2O6/c29-18-11-20(31)23(24-16(18)3-1-9-33-24)27(28(36)37)39-15-7-5-14(6-8-15)38-13-22(35)40-26-21(32)12-19(30)17-4-2-10-34-25(17)26/h1-12,27H,13H2,(H,36,37)/p-1. The molecular formula is C28H15Br4N2O6-. The molecule has 0 saturated carbocycles. The van der Waals surface area contributed by atoms with Crippen LogP contribution in [0.3, 0.4) is 0 Å². The molecule has 1 unspecified atom stereocenters. The molecule has 5 aromatic rings. The summed E-state index contributed by atoms with van der Waals surface area (Å²) >= 11 is 13.8. The van der Waals surface area contributed by atoms with E-state index in [0.29, 0.717) is 31.3 Å². The Balaban J connectivity index is 1.29. The number of fused-ring (bicyclic) bond motifs is 2. The lowest BCUT2D eigenvalue weighted by Crippen LogP contribution is -2.33. The largest absolute Gasteiger partial charge is 0.546 e. The van der Waals surface area contributed by atoms with Gasteiger partial charge in [0.1, 0.15) is 17.0 Å². The highest BCUT2D eigenvalue weighted by molar-refractivity contribution is 9.11. The van der Waals surface area contributed by atoms with Crippen LogP contribution < -0.4 is 19.3 Å². The zero-order chi connectivity index (χ0) is 28.4. The van der Waals surface area contributed by atoms with Crippen LogP contribution in [0, 0.1) is 0 Å². The van der Waals surface area contributed by atoms with E-state index in [9.17, 15) is 14.7 Å². The van der Waals surface area contributed by atoms with Gasteiger partial charge in [-0.2, -0.15) is 0 Å². The number of rotatable bonds is 8. The van der Waals surface area contributed by atoms with Gasteiger partial charge in [0.25, 0.3) is 0 Å². The van der Waals surface area contributed by atoms with Gasteiger partial charge in [0.05, 0.1) is 16.0 Å². The second kappa shape index (κ2) is 12.2. The van der Waals surface area contributed by atoms with E-state index >= 15 is 0 Å². The Hall–Kier alpha value is -3.06. The van der Waals surface area contributed by atoms with Crippen molar-refractivity contribution >= 4 is 97.5 Å². The Kier molecular flexibility index (Phi) is 8.69. The molecule has 2 heterocycles. The van der Waals surface area contributed by atoms with Crippen molar-refractivity contribution < 1.29 is 28.9 Å². The average Bonchev–Trinajstić information content (AvgIpc) is 2.94. The molecule has 0 saturated heterocycles. The van der Waals surface area contributed by atoms with Crippen molar-refractivity contribution in [2.45, 2.75) is 6.10 Å². The lowest BCUT2D eigenvalue weighted by molar-refractivity contribution is -0.314. The molecular weight excluding hydrogens is 780 g/mol. The quantitative estimate of drug-likeness (QED) is 0.126. The number of carboxylic acids is 1. The van der Waals surface area contributed by atoms with Crippen molar-refractivity contribution in [2.75, 3.05) is 6.61 Å². The van der Waals surface area contributed by atoms with Gasteiger partial charge in [0.15, 0.2) is 18.5 Å². The number of benzene rings is 3. The molecule has 0 radical (unpaired) electrons. The van der Waals surface area contributed by atoms with E-state index in [1.807, 2.05) is 12.1 Å². The van der Waals surface area contributed by atoms with Crippen LogP contribution in [-0.2, 0) is 9.59 Å². The molecule has 0 aliphatic rings. The lowest BCUT2D eigenvalue weighted by Gasteiger charge is -2.23. The average molecular weight is 795 g/mol. The molecule has 0 aliphatic carbocycles. The van der Waals surface area contributed by atoms with Crippen molar-refractivity contribution in [1.82, 2.24) is 9.97 Å². The van der Waals surface area contributed by atoms with Crippen LogP contribution in [0.15, 0.2) is 90.9 Å². The number of pyridine rings is 2. The Morgan fingerprint density at radius 1 is 0.775 bits per heavy atom. The Bertz CT molecular complexity index is 1760. The number of ether oxygens (including phenoxy) is 3. The van der Waals surface area contributed by atoms with E-state index in [0.717, 1.165) is 19.7 Å². The molecule has 1 atom stereocenters. The minimum atomic E-state index is -1.45. The molecule has 0 amide bonds. The minimum absolute atomic E-state index is 0.249. The number of carbonyl (C=O) groups is 2. The molecule has 2 aromatic heterocycles. The summed E-state index contributed by atoms with van der Waals surface area (Å²) in [6.45, 7) is -0.373. The van der Waals surface area contributed by atoms with Crippen molar-refractivity contribution in [3.8, 4) is 17.2 Å². The van der Waals surface area contributed by atoms with Gasteiger partial charge in [-0.15, -0.1) is 0 Å². The van der Waals surface area contributed by atoms with Crippen LogP contribution in [0.4, 0.5) is 0 Å². The highest BCUT2D eigenvalue weighted by Crippen LogP contribution is 2.38. The molecule has 0 bridgehead atoms. The SMILES string of the molecule is O=C(COc1ccc(OC(C(=O)[O-])c2c(Br)cc(Br)c3cccnc23)cc1)Oc1c(Br)cc(Br)c2cccnc12. The number of hydrogen-bond donors (Lipinski definition) is 0.